The Balaban J connectivity index is 1.41. The van der Waals surface area contributed by atoms with Gasteiger partial charge in [0, 0.05) is 48.4 Å². The highest BCUT2D eigenvalue weighted by Crippen LogP contribution is 2.32. The number of benzene rings is 2. The van der Waals surface area contributed by atoms with Gasteiger partial charge >= 0.3 is 0 Å². The summed E-state index contributed by atoms with van der Waals surface area (Å²) in [6.07, 6.45) is 3.58. The number of nitrogens with zero attached hydrogens (tertiary/aromatic N) is 2. The van der Waals surface area contributed by atoms with Gasteiger partial charge in [-0.15, -0.1) is 0 Å². The number of hydrogen-bond acceptors (Lipinski definition) is 6. The highest BCUT2D eigenvalue weighted by atomic mass is 16.5. The van der Waals surface area contributed by atoms with Crippen LogP contribution in [0.25, 0.3) is 0 Å². The van der Waals surface area contributed by atoms with Gasteiger partial charge in [-0.3, -0.25) is 14.6 Å². The number of hydrogen-bond donors (Lipinski definition) is 1. The summed E-state index contributed by atoms with van der Waals surface area (Å²) in [4.78, 5) is 31.1. The van der Waals surface area contributed by atoms with Gasteiger partial charge in [0.1, 0.15) is 12.4 Å². The van der Waals surface area contributed by atoms with Crippen molar-refractivity contribution in [3.8, 4) is 17.2 Å². The SMILES string of the molecule is COc1ccc(N2CC(C(=O)Nc3ccc(OC)c(OCc4cccnc4)c3)CC2=O)cc1. The highest BCUT2D eigenvalue weighted by Gasteiger charge is 2.35. The zero-order chi connectivity index (χ0) is 23.2. The van der Waals surface area contributed by atoms with Crippen LogP contribution in [0.4, 0.5) is 11.4 Å². The minimum absolute atomic E-state index is 0.0875. The first-order valence-electron chi connectivity index (χ1n) is 10.5. The summed E-state index contributed by atoms with van der Waals surface area (Å²) >= 11 is 0. The standard InChI is InChI=1S/C25H25N3O5/c1-31-21-8-6-20(7-9-21)28-15-18(12-24(28)29)25(30)27-19-5-10-22(32-2)23(13-19)33-16-17-4-3-11-26-14-17/h3-11,13-14,18H,12,15-16H2,1-2H3,(H,27,30). The fourth-order valence-electron chi connectivity index (χ4n) is 3.65. The van der Waals surface area contributed by atoms with Gasteiger partial charge in [0.2, 0.25) is 11.8 Å². The molecule has 1 N–H and O–H groups in total. The average molecular weight is 447 g/mol. The van der Waals surface area contributed by atoms with Crippen LogP contribution in [0, 0.1) is 5.92 Å². The maximum atomic E-state index is 12.9. The highest BCUT2D eigenvalue weighted by molar-refractivity contribution is 6.03. The van der Waals surface area contributed by atoms with E-state index in [-0.39, 0.29) is 18.2 Å². The fourth-order valence-corrected chi connectivity index (χ4v) is 3.65. The van der Waals surface area contributed by atoms with Crippen LogP contribution in [0.1, 0.15) is 12.0 Å². The summed E-state index contributed by atoms with van der Waals surface area (Å²) in [6.45, 7) is 0.632. The Hall–Kier alpha value is -4.07. The van der Waals surface area contributed by atoms with E-state index < -0.39 is 5.92 Å². The van der Waals surface area contributed by atoms with Crippen molar-refractivity contribution in [2.75, 3.05) is 31.0 Å². The molecule has 2 aromatic carbocycles. The van der Waals surface area contributed by atoms with Crippen LogP contribution in [0.15, 0.2) is 67.0 Å². The molecule has 0 bridgehead atoms. The fraction of sp³-hybridized carbons (Fsp3) is 0.240. The van der Waals surface area contributed by atoms with Crippen molar-refractivity contribution in [1.82, 2.24) is 4.98 Å². The summed E-state index contributed by atoms with van der Waals surface area (Å²) in [5.41, 5.74) is 2.22. The molecule has 1 atom stereocenters. The second-order valence-electron chi connectivity index (χ2n) is 7.61. The summed E-state index contributed by atoms with van der Waals surface area (Å²) in [5.74, 6) is 1.00. The number of nitrogens with one attached hydrogen (secondary N) is 1. The molecule has 0 spiro atoms. The third kappa shape index (κ3) is 5.23. The molecule has 1 saturated heterocycles. The Morgan fingerprint density at radius 1 is 1.09 bits per heavy atom. The molecule has 2 heterocycles. The van der Waals surface area contributed by atoms with Crippen molar-refractivity contribution in [2.45, 2.75) is 13.0 Å². The third-order valence-electron chi connectivity index (χ3n) is 5.43. The van der Waals surface area contributed by atoms with E-state index in [1.165, 1.54) is 0 Å². The lowest BCUT2D eigenvalue weighted by Crippen LogP contribution is -2.28. The van der Waals surface area contributed by atoms with Gasteiger partial charge in [0.05, 0.1) is 20.1 Å². The molecular weight excluding hydrogens is 422 g/mol. The quantitative estimate of drug-likeness (QED) is 0.567. The van der Waals surface area contributed by atoms with E-state index in [4.69, 9.17) is 14.2 Å². The number of pyridine rings is 1. The summed E-state index contributed by atoms with van der Waals surface area (Å²) in [6, 6.07) is 16.1. The average Bonchev–Trinajstić information content (AvgIpc) is 3.25. The van der Waals surface area contributed by atoms with E-state index in [0.717, 1.165) is 11.3 Å². The molecule has 1 aromatic heterocycles. The van der Waals surface area contributed by atoms with Crippen molar-refractivity contribution in [1.29, 1.82) is 0 Å². The van der Waals surface area contributed by atoms with Crippen molar-refractivity contribution >= 4 is 23.2 Å². The number of amides is 2. The van der Waals surface area contributed by atoms with Gasteiger partial charge in [-0.05, 0) is 42.5 Å². The predicted octanol–water partition coefficient (Wildman–Crippen LogP) is 3.67. The second kappa shape index (κ2) is 10.0. The number of rotatable bonds is 8. The van der Waals surface area contributed by atoms with Crippen LogP contribution < -0.4 is 24.4 Å². The van der Waals surface area contributed by atoms with Crippen LogP contribution in [-0.4, -0.2) is 37.6 Å². The molecule has 8 nitrogen and oxygen atoms in total. The molecule has 3 aromatic rings. The summed E-state index contributed by atoms with van der Waals surface area (Å²) in [7, 11) is 3.15. The molecule has 1 aliphatic heterocycles. The number of methoxy groups -OCH3 is 2. The van der Waals surface area contributed by atoms with Gasteiger partial charge in [-0.1, -0.05) is 6.07 Å². The van der Waals surface area contributed by atoms with Gasteiger partial charge in [-0.25, -0.2) is 0 Å². The Kier molecular flexibility index (Phi) is 6.73. The lowest BCUT2D eigenvalue weighted by Gasteiger charge is -2.17. The minimum atomic E-state index is -0.457. The van der Waals surface area contributed by atoms with E-state index in [9.17, 15) is 9.59 Å². The predicted molar refractivity (Wildman–Crippen MR) is 124 cm³/mol. The first-order valence-corrected chi connectivity index (χ1v) is 10.5. The van der Waals surface area contributed by atoms with E-state index in [1.54, 1.807) is 61.8 Å². The van der Waals surface area contributed by atoms with Crippen LogP contribution in [0.2, 0.25) is 0 Å². The molecule has 33 heavy (non-hydrogen) atoms. The smallest absolute Gasteiger partial charge is 0.229 e. The van der Waals surface area contributed by atoms with Crippen LogP contribution in [0.3, 0.4) is 0 Å². The minimum Gasteiger partial charge on any atom is -0.497 e. The first kappa shape index (κ1) is 22.1. The van der Waals surface area contributed by atoms with Gasteiger partial charge in [0.25, 0.3) is 0 Å². The Morgan fingerprint density at radius 3 is 2.61 bits per heavy atom. The molecule has 1 unspecified atom stereocenters. The molecule has 0 saturated carbocycles. The zero-order valence-corrected chi connectivity index (χ0v) is 18.5. The second-order valence-corrected chi connectivity index (χ2v) is 7.61. The van der Waals surface area contributed by atoms with Gasteiger partial charge < -0.3 is 24.4 Å². The lowest BCUT2D eigenvalue weighted by atomic mass is 10.1. The number of anilines is 2. The van der Waals surface area contributed by atoms with Gasteiger partial charge in [0.15, 0.2) is 11.5 Å². The van der Waals surface area contributed by atoms with Crippen molar-refractivity contribution in [3.05, 3.63) is 72.6 Å². The topological polar surface area (TPSA) is 90.0 Å². The van der Waals surface area contributed by atoms with Crippen molar-refractivity contribution < 1.29 is 23.8 Å². The maximum absolute atomic E-state index is 12.9. The zero-order valence-electron chi connectivity index (χ0n) is 18.5. The van der Waals surface area contributed by atoms with E-state index in [2.05, 4.69) is 10.3 Å². The summed E-state index contributed by atoms with van der Waals surface area (Å²) in [5, 5.41) is 2.90. The largest absolute Gasteiger partial charge is 0.497 e. The molecule has 170 valence electrons. The number of aromatic nitrogens is 1. The number of carbonyl (C=O) groups excluding carboxylic acids is 2. The number of carbonyl (C=O) groups is 2. The molecule has 1 aliphatic rings. The Bertz CT molecular complexity index is 1120. The number of ether oxygens (including phenoxy) is 3. The van der Waals surface area contributed by atoms with Crippen molar-refractivity contribution in [2.24, 2.45) is 5.92 Å². The lowest BCUT2D eigenvalue weighted by molar-refractivity contribution is -0.122. The van der Waals surface area contributed by atoms with E-state index in [1.807, 2.05) is 24.3 Å². The van der Waals surface area contributed by atoms with Crippen molar-refractivity contribution in [3.63, 3.8) is 0 Å². The van der Waals surface area contributed by atoms with E-state index >= 15 is 0 Å². The maximum Gasteiger partial charge on any atom is 0.229 e. The third-order valence-corrected chi connectivity index (χ3v) is 5.43. The molecule has 0 radical (unpaired) electrons. The normalized spacial score (nSPS) is 15.3. The van der Waals surface area contributed by atoms with Crippen LogP contribution in [0.5, 0.6) is 17.2 Å². The monoisotopic (exact) mass is 447 g/mol. The Labute approximate surface area is 192 Å². The molecule has 4 rings (SSSR count). The van der Waals surface area contributed by atoms with Crippen LogP contribution in [-0.2, 0) is 16.2 Å². The molecule has 2 amide bonds. The Morgan fingerprint density at radius 2 is 1.91 bits per heavy atom. The van der Waals surface area contributed by atoms with E-state index in [0.29, 0.717) is 36.1 Å². The summed E-state index contributed by atoms with van der Waals surface area (Å²) < 4.78 is 16.4. The molecule has 8 heteroatoms. The first-order chi connectivity index (χ1) is 16.1. The molecule has 1 fully saturated rings. The van der Waals surface area contributed by atoms with Gasteiger partial charge in [-0.2, -0.15) is 0 Å². The van der Waals surface area contributed by atoms with Crippen LogP contribution >= 0.6 is 0 Å². The molecule has 0 aliphatic carbocycles. The molecular formula is C25H25N3O5.